The van der Waals surface area contributed by atoms with E-state index in [4.69, 9.17) is 9.47 Å². The van der Waals surface area contributed by atoms with Crippen LogP contribution in [0.5, 0.6) is 11.5 Å². The van der Waals surface area contributed by atoms with Crippen LogP contribution in [0.4, 0.5) is 0 Å². The predicted molar refractivity (Wildman–Crippen MR) is 109 cm³/mol. The van der Waals surface area contributed by atoms with Crippen molar-refractivity contribution >= 4 is 33.5 Å². The van der Waals surface area contributed by atoms with Gasteiger partial charge in [-0.15, -0.1) is 0 Å². The number of hydrogen-bond donors (Lipinski definition) is 0. The van der Waals surface area contributed by atoms with E-state index in [1.807, 2.05) is 36.4 Å². The van der Waals surface area contributed by atoms with Gasteiger partial charge in [0.05, 0.1) is 26.0 Å². The van der Waals surface area contributed by atoms with Crippen molar-refractivity contribution in [2.45, 2.75) is 25.3 Å². The van der Waals surface area contributed by atoms with E-state index in [2.05, 4.69) is 21.0 Å². The lowest BCUT2D eigenvalue weighted by molar-refractivity contribution is -0.305. The molecule has 2 aromatic rings. The summed E-state index contributed by atoms with van der Waals surface area (Å²) >= 11 is 3.41. The molecular formula is C21H20BrN2O5-. The van der Waals surface area contributed by atoms with Gasteiger partial charge < -0.3 is 19.4 Å². The highest BCUT2D eigenvalue weighted by molar-refractivity contribution is 9.10. The van der Waals surface area contributed by atoms with Crippen molar-refractivity contribution in [3.8, 4) is 11.5 Å². The van der Waals surface area contributed by atoms with Gasteiger partial charge >= 0.3 is 0 Å². The van der Waals surface area contributed by atoms with Gasteiger partial charge in [0.2, 0.25) is 5.91 Å². The third-order valence-electron chi connectivity index (χ3n) is 4.68. The van der Waals surface area contributed by atoms with Crippen LogP contribution in [0.3, 0.4) is 0 Å². The van der Waals surface area contributed by atoms with Gasteiger partial charge in [-0.25, -0.2) is 5.01 Å². The number of aliphatic carboxylic acids is 1. The normalized spacial score (nSPS) is 15.8. The molecule has 0 aromatic heterocycles. The molecule has 7 nitrogen and oxygen atoms in total. The third-order valence-corrected chi connectivity index (χ3v) is 5.21. The highest BCUT2D eigenvalue weighted by Gasteiger charge is 2.35. The second-order valence-electron chi connectivity index (χ2n) is 6.47. The van der Waals surface area contributed by atoms with Crippen LogP contribution in [0.15, 0.2) is 52.0 Å². The number of benzene rings is 2. The molecule has 8 heteroatoms. The van der Waals surface area contributed by atoms with Crippen molar-refractivity contribution in [3.63, 3.8) is 0 Å². The van der Waals surface area contributed by atoms with Gasteiger partial charge in [-0.1, -0.05) is 40.2 Å². The van der Waals surface area contributed by atoms with E-state index >= 15 is 0 Å². The number of hydrazone groups is 1. The Kier molecular flexibility index (Phi) is 6.53. The zero-order chi connectivity index (χ0) is 21.0. The van der Waals surface area contributed by atoms with Gasteiger partial charge in [-0.2, -0.15) is 5.10 Å². The average molecular weight is 460 g/mol. The lowest BCUT2D eigenvalue weighted by Gasteiger charge is -2.24. The number of rotatable bonds is 7. The van der Waals surface area contributed by atoms with Crippen LogP contribution in [0.1, 0.15) is 36.4 Å². The molecule has 152 valence electrons. The average Bonchev–Trinajstić information content (AvgIpc) is 3.17. The highest BCUT2D eigenvalue weighted by Crippen LogP contribution is 2.42. The summed E-state index contributed by atoms with van der Waals surface area (Å²) in [5, 5.41) is 16.7. The van der Waals surface area contributed by atoms with Crippen molar-refractivity contribution in [2.75, 3.05) is 14.2 Å². The molecule has 3 rings (SSSR count). The fourth-order valence-electron chi connectivity index (χ4n) is 3.30. The summed E-state index contributed by atoms with van der Waals surface area (Å²) in [5.74, 6) is -0.601. The Morgan fingerprint density at radius 2 is 1.86 bits per heavy atom. The van der Waals surface area contributed by atoms with Gasteiger partial charge in [0.25, 0.3) is 0 Å². The number of carboxylic acid groups (broad SMARTS) is 1. The van der Waals surface area contributed by atoms with E-state index in [0.29, 0.717) is 17.9 Å². The van der Waals surface area contributed by atoms with E-state index in [1.165, 1.54) is 12.1 Å². The highest BCUT2D eigenvalue weighted by atomic mass is 79.9. The number of carbonyl (C=O) groups is 2. The summed E-state index contributed by atoms with van der Waals surface area (Å²) in [7, 11) is 3.08. The number of carboxylic acids is 1. The third kappa shape index (κ3) is 4.59. The van der Waals surface area contributed by atoms with Gasteiger partial charge in [-0.3, -0.25) is 4.79 Å². The number of amides is 1. The number of nitrogens with zero attached hydrogens (tertiary/aromatic N) is 2. The van der Waals surface area contributed by atoms with Crippen LogP contribution in [0.25, 0.3) is 0 Å². The van der Waals surface area contributed by atoms with Crippen LogP contribution >= 0.6 is 15.9 Å². The number of ether oxygens (including phenoxy) is 2. The smallest absolute Gasteiger partial charge is 0.243 e. The van der Waals surface area contributed by atoms with E-state index in [-0.39, 0.29) is 12.8 Å². The number of halogens is 1. The first-order valence-corrected chi connectivity index (χ1v) is 9.80. The largest absolute Gasteiger partial charge is 0.550 e. The molecule has 1 atom stereocenters. The first kappa shape index (κ1) is 20.9. The van der Waals surface area contributed by atoms with E-state index < -0.39 is 17.9 Å². The Morgan fingerprint density at radius 1 is 1.14 bits per heavy atom. The molecule has 1 amide bonds. The summed E-state index contributed by atoms with van der Waals surface area (Å²) in [6, 6.07) is 12.6. The summed E-state index contributed by atoms with van der Waals surface area (Å²) < 4.78 is 11.9. The molecule has 0 saturated carbocycles. The molecule has 1 aliphatic rings. The van der Waals surface area contributed by atoms with Crippen LogP contribution in [0, 0.1) is 0 Å². The number of para-hydroxylation sites is 1. The van der Waals surface area contributed by atoms with Gasteiger partial charge in [-0.05, 0) is 30.2 Å². The van der Waals surface area contributed by atoms with Crippen molar-refractivity contribution in [2.24, 2.45) is 5.10 Å². The lowest BCUT2D eigenvalue weighted by atomic mass is 9.97. The first-order chi connectivity index (χ1) is 13.9. The maximum atomic E-state index is 12.8. The van der Waals surface area contributed by atoms with Crippen molar-refractivity contribution < 1.29 is 24.2 Å². The number of carbonyl (C=O) groups excluding carboxylic acids is 2. The molecule has 0 N–H and O–H groups in total. The topological polar surface area (TPSA) is 91.3 Å². The van der Waals surface area contributed by atoms with Crippen LogP contribution in [-0.4, -0.2) is 36.8 Å². The van der Waals surface area contributed by atoms with Crippen LogP contribution in [-0.2, 0) is 9.59 Å². The van der Waals surface area contributed by atoms with Crippen molar-refractivity contribution in [1.82, 2.24) is 5.01 Å². The Hall–Kier alpha value is -2.87. The molecule has 1 aliphatic heterocycles. The Labute approximate surface area is 177 Å². The zero-order valence-corrected chi connectivity index (χ0v) is 17.6. The molecule has 0 saturated heterocycles. The van der Waals surface area contributed by atoms with Crippen LogP contribution < -0.4 is 14.6 Å². The van der Waals surface area contributed by atoms with E-state index in [9.17, 15) is 14.7 Å². The molecule has 0 aliphatic carbocycles. The quantitative estimate of drug-likeness (QED) is 0.634. The van der Waals surface area contributed by atoms with Crippen molar-refractivity contribution in [3.05, 3.63) is 58.1 Å². The predicted octanol–water partition coefficient (Wildman–Crippen LogP) is 2.67. The zero-order valence-electron chi connectivity index (χ0n) is 16.1. The Morgan fingerprint density at radius 3 is 2.48 bits per heavy atom. The first-order valence-electron chi connectivity index (χ1n) is 9.00. The number of methoxy groups -OCH3 is 2. The van der Waals surface area contributed by atoms with Gasteiger partial charge in [0.15, 0.2) is 11.5 Å². The lowest BCUT2D eigenvalue weighted by Crippen LogP contribution is -2.30. The molecule has 0 fully saturated rings. The summed E-state index contributed by atoms with van der Waals surface area (Å²) in [6.45, 7) is 0. The van der Waals surface area contributed by atoms with Crippen LogP contribution in [0.2, 0.25) is 0 Å². The van der Waals surface area contributed by atoms with Crippen molar-refractivity contribution in [1.29, 1.82) is 0 Å². The summed E-state index contributed by atoms with van der Waals surface area (Å²) in [6.07, 6.45) is -0.0924. The minimum atomic E-state index is -1.27. The molecule has 0 spiro atoms. The molecule has 0 unspecified atom stereocenters. The molecule has 2 aromatic carbocycles. The second kappa shape index (κ2) is 9.09. The SMILES string of the molecule is COc1cccc([C@@H]2CC(c3ccc(Br)cc3)=NN2C(=O)CCC(=O)[O-])c1OC. The Balaban J connectivity index is 1.99. The molecular weight excluding hydrogens is 440 g/mol. The van der Waals surface area contributed by atoms with Gasteiger partial charge in [0, 0.05) is 28.8 Å². The summed E-state index contributed by atoms with van der Waals surface area (Å²) in [5.41, 5.74) is 2.36. The molecule has 0 radical (unpaired) electrons. The maximum absolute atomic E-state index is 12.8. The second-order valence-corrected chi connectivity index (χ2v) is 7.38. The van der Waals surface area contributed by atoms with Gasteiger partial charge in [0.1, 0.15) is 0 Å². The van der Waals surface area contributed by atoms with E-state index in [0.717, 1.165) is 21.3 Å². The minimum absolute atomic E-state index is 0.192. The fraction of sp³-hybridized carbons (Fsp3) is 0.286. The van der Waals surface area contributed by atoms with E-state index in [1.54, 1.807) is 13.2 Å². The Bertz CT molecular complexity index is 943. The molecule has 29 heavy (non-hydrogen) atoms. The molecule has 0 bridgehead atoms. The maximum Gasteiger partial charge on any atom is 0.243 e. The number of hydrogen-bond acceptors (Lipinski definition) is 6. The minimum Gasteiger partial charge on any atom is -0.550 e. The summed E-state index contributed by atoms with van der Waals surface area (Å²) in [4.78, 5) is 23.6. The molecule has 1 heterocycles. The standard InChI is InChI=1S/C21H21BrN2O5/c1-28-18-5-3-4-15(21(18)29-2)17-12-16(13-6-8-14(22)9-7-13)23-24(17)19(25)10-11-20(26)27/h3-9,17H,10-12H2,1-2H3,(H,26,27)/p-1/t17-/m0/s1. The fourth-order valence-corrected chi connectivity index (χ4v) is 3.56. The monoisotopic (exact) mass is 459 g/mol.